The lowest BCUT2D eigenvalue weighted by Gasteiger charge is -2.17. The van der Waals surface area contributed by atoms with Crippen molar-refractivity contribution >= 4 is 10.1 Å². The highest BCUT2D eigenvalue weighted by atomic mass is 32.2. The second-order valence-corrected chi connectivity index (χ2v) is 5.99. The highest BCUT2D eigenvalue weighted by Crippen LogP contribution is 2.26. The van der Waals surface area contributed by atoms with Crippen LogP contribution in [0.5, 0.6) is 0 Å². The monoisotopic (exact) mass is 329 g/mol. The molecule has 0 radical (unpaired) electrons. The summed E-state index contributed by atoms with van der Waals surface area (Å²) >= 11 is 0. The summed E-state index contributed by atoms with van der Waals surface area (Å²) in [5.41, 5.74) is 9.35. The number of hydrogen-bond donors (Lipinski definition) is 1. The van der Waals surface area contributed by atoms with E-state index in [1.54, 1.807) is 19.1 Å². The van der Waals surface area contributed by atoms with Crippen LogP contribution < -0.4 is 0 Å². The molecule has 1 aromatic carbocycles. The first-order valence-electron chi connectivity index (χ1n) is 6.64. The Labute approximate surface area is 129 Å². The Balaban J connectivity index is 2.60. The van der Waals surface area contributed by atoms with Gasteiger partial charge in [0, 0.05) is 17.0 Å². The van der Waals surface area contributed by atoms with E-state index in [1.807, 2.05) is 6.92 Å². The molecule has 0 heterocycles. The van der Waals surface area contributed by atoms with Crippen LogP contribution in [0.3, 0.4) is 0 Å². The molecule has 0 aliphatic rings. The fourth-order valence-electron chi connectivity index (χ4n) is 1.85. The summed E-state index contributed by atoms with van der Waals surface area (Å²) in [7, 11) is -4.30. The summed E-state index contributed by atoms with van der Waals surface area (Å²) in [6, 6.07) is 4.63. The van der Waals surface area contributed by atoms with Crippen molar-refractivity contribution in [1.82, 2.24) is 0 Å². The minimum atomic E-state index is -4.30. The molecule has 0 saturated carbocycles. The third-order valence-electron chi connectivity index (χ3n) is 2.88. The highest BCUT2D eigenvalue weighted by molar-refractivity contribution is 7.85. The number of rotatable bonds is 9. The lowest BCUT2D eigenvalue weighted by molar-refractivity contribution is 0.0122. The Bertz CT molecular complexity index is 641. The Morgan fingerprint density at radius 2 is 2.09 bits per heavy atom. The predicted molar refractivity (Wildman–Crippen MR) is 80.2 cm³/mol. The smallest absolute Gasteiger partial charge is 0.294 e. The van der Waals surface area contributed by atoms with E-state index in [2.05, 4.69) is 10.0 Å². The Kier molecular flexibility index (Phi) is 7.30. The van der Waals surface area contributed by atoms with Gasteiger partial charge in [0.2, 0.25) is 0 Å². The van der Waals surface area contributed by atoms with Crippen LogP contribution in [0.25, 0.3) is 10.4 Å². The van der Waals surface area contributed by atoms with Crippen molar-refractivity contribution in [3.8, 4) is 0 Å². The van der Waals surface area contributed by atoms with E-state index in [1.165, 1.54) is 6.07 Å². The molecular formula is C13H19N3O5S. The fourth-order valence-corrected chi connectivity index (χ4v) is 2.61. The van der Waals surface area contributed by atoms with E-state index in [9.17, 15) is 13.0 Å². The Morgan fingerprint density at radius 1 is 1.36 bits per heavy atom. The van der Waals surface area contributed by atoms with E-state index < -0.39 is 16.2 Å². The van der Waals surface area contributed by atoms with Crippen LogP contribution in [-0.2, 0) is 19.6 Å². The lowest BCUT2D eigenvalue weighted by atomic mass is 10.1. The first kappa shape index (κ1) is 18.4. The molecular weight excluding hydrogens is 310 g/mol. The molecule has 0 saturated heterocycles. The minimum Gasteiger partial charge on any atom is -0.379 e. The zero-order valence-corrected chi connectivity index (χ0v) is 13.3. The second-order valence-electron chi connectivity index (χ2n) is 4.60. The molecule has 0 spiro atoms. The molecule has 1 aromatic rings. The molecule has 1 N–H and O–H groups in total. The van der Waals surface area contributed by atoms with Gasteiger partial charge >= 0.3 is 0 Å². The van der Waals surface area contributed by atoms with Crippen molar-refractivity contribution < 1.29 is 22.4 Å². The normalized spacial score (nSPS) is 12.7. The van der Waals surface area contributed by atoms with Crippen LogP contribution >= 0.6 is 0 Å². The van der Waals surface area contributed by atoms with Crippen molar-refractivity contribution in [3.05, 3.63) is 39.8 Å². The topological polar surface area (TPSA) is 122 Å². The summed E-state index contributed by atoms with van der Waals surface area (Å²) in [6.45, 7) is 4.60. The number of benzene rings is 1. The third kappa shape index (κ3) is 6.00. The van der Waals surface area contributed by atoms with E-state index in [-0.39, 0.29) is 24.7 Å². The number of azide groups is 1. The zero-order valence-electron chi connectivity index (χ0n) is 12.5. The van der Waals surface area contributed by atoms with Crippen molar-refractivity contribution in [2.45, 2.75) is 24.8 Å². The van der Waals surface area contributed by atoms with Gasteiger partial charge in [-0.1, -0.05) is 22.8 Å². The summed E-state index contributed by atoms with van der Waals surface area (Å²) < 4.78 is 42.7. The van der Waals surface area contributed by atoms with E-state index in [0.717, 1.165) is 5.56 Å². The molecule has 1 rings (SSSR count). The van der Waals surface area contributed by atoms with Gasteiger partial charge in [-0.25, -0.2) is 0 Å². The minimum absolute atomic E-state index is 0.158. The number of ether oxygens (including phenoxy) is 2. The number of nitrogens with zero attached hydrogens (tertiary/aromatic N) is 3. The van der Waals surface area contributed by atoms with Crippen LogP contribution in [0.1, 0.15) is 24.2 Å². The molecule has 22 heavy (non-hydrogen) atoms. The predicted octanol–water partition coefficient (Wildman–Crippen LogP) is 2.65. The second kappa shape index (κ2) is 8.72. The van der Waals surface area contributed by atoms with Gasteiger partial charge in [0.15, 0.2) is 0 Å². The highest BCUT2D eigenvalue weighted by Gasteiger charge is 2.19. The maximum absolute atomic E-state index is 11.4. The molecule has 0 aliphatic carbocycles. The fraction of sp³-hybridized carbons (Fsp3) is 0.538. The largest absolute Gasteiger partial charge is 0.379 e. The standard InChI is InChI=1S/C13H19N3O5S/c1-10-3-4-13(22(17,18)19)12(9-10)11(2)21-8-7-20-6-5-15-16-14/h3-4,9,11H,5-8H2,1-2H3,(H,17,18,19). The number of aryl methyl sites for hydroxylation is 1. The molecule has 1 unspecified atom stereocenters. The van der Waals surface area contributed by atoms with E-state index in [4.69, 9.17) is 15.0 Å². The lowest BCUT2D eigenvalue weighted by Crippen LogP contribution is -2.12. The van der Waals surface area contributed by atoms with Crippen LogP contribution in [0.15, 0.2) is 28.2 Å². The molecule has 0 fully saturated rings. The molecule has 9 heteroatoms. The van der Waals surface area contributed by atoms with Crippen molar-refractivity contribution in [3.63, 3.8) is 0 Å². The molecule has 0 aromatic heterocycles. The quantitative estimate of drug-likeness (QED) is 0.245. The maximum atomic E-state index is 11.4. The molecule has 8 nitrogen and oxygen atoms in total. The van der Waals surface area contributed by atoms with E-state index >= 15 is 0 Å². The molecule has 122 valence electrons. The third-order valence-corrected chi connectivity index (χ3v) is 3.80. The maximum Gasteiger partial charge on any atom is 0.294 e. The van der Waals surface area contributed by atoms with Crippen LogP contribution in [0, 0.1) is 6.92 Å². The average molecular weight is 329 g/mol. The van der Waals surface area contributed by atoms with Crippen molar-refractivity contribution in [2.24, 2.45) is 5.11 Å². The number of hydrogen-bond acceptors (Lipinski definition) is 5. The van der Waals surface area contributed by atoms with E-state index in [0.29, 0.717) is 12.2 Å². The van der Waals surface area contributed by atoms with Gasteiger partial charge in [-0.2, -0.15) is 8.42 Å². The average Bonchev–Trinajstić information content (AvgIpc) is 2.44. The van der Waals surface area contributed by atoms with Gasteiger partial charge in [-0.3, -0.25) is 4.55 Å². The molecule has 0 amide bonds. The SMILES string of the molecule is Cc1ccc(S(=O)(=O)O)c(C(C)OCCOCCN=[N+]=[N-])c1. The van der Waals surface area contributed by atoms with Gasteiger partial charge in [-0.05, 0) is 25.4 Å². The Morgan fingerprint density at radius 3 is 2.73 bits per heavy atom. The van der Waals surface area contributed by atoms with Gasteiger partial charge in [0.1, 0.15) is 0 Å². The molecule has 0 aliphatic heterocycles. The molecule has 1 atom stereocenters. The first-order valence-corrected chi connectivity index (χ1v) is 8.08. The zero-order chi connectivity index (χ0) is 16.6. The van der Waals surface area contributed by atoms with Crippen molar-refractivity contribution in [2.75, 3.05) is 26.4 Å². The van der Waals surface area contributed by atoms with Crippen LogP contribution in [-0.4, -0.2) is 39.3 Å². The van der Waals surface area contributed by atoms with Crippen molar-refractivity contribution in [1.29, 1.82) is 0 Å². The van der Waals surface area contributed by atoms with Gasteiger partial charge < -0.3 is 9.47 Å². The summed E-state index contributed by atoms with van der Waals surface area (Å²) in [4.78, 5) is 2.44. The van der Waals surface area contributed by atoms with Crippen LogP contribution in [0.4, 0.5) is 0 Å². The first-order chi connectivity index (χ1) is 10.4. The summed E-state index contributed by atoms with van der Waals surface area (Å²) in [6.07, 6.45) is -0.516. The van der Waals surface area contributed by atoms with Gasteiger partial charge in [0.05, 0.1) is 30.8 Å². The molecule has 0 bridgehead atoms. The summed E-state index contributed by atoms with van der Waals surface area (Å²) in [5.74, 6) is 0. The van der Waals surface area contributed by atoms with Gasteiger partial charge in [0.25, 0.3) is 10.1 Å². The van der Waals surface area contributed by atoms with Gasteiger partial charge in [-0.15, -0.1) is 0 Å². The summed E-state index contributed by atoms with van der Waals surface area (Å²) in [5, 5.41) is 3.32. The van der Waals surface area contributed by atoms with Crippen LogP contribution in [0.2, 0.25) is 0 Å². The Hall–Kier alpha value is -1.64.